The summed E-state index contributed by atoms with van der Waals surface area (Å²) >= 11 is 1.42. The number of ether oxygens (including phenoxy) is 1. The summed E-state index contributed by atoms with van der Waals surface area (Å²) in [5.74, 6) is -1.52. The Morgan fingerprint density at radius 2 is 2.30 bits per heavy atom. The molecule has 108 valence electrons. The molecule has 0 bridgehead atoms. The average molecular weight is 298 g/mol. The number of hydrogen-bond acceptors (Lipinski definition) is 6. The summed E-state index contributed by atoms with van der Waals surface area (Å²) in [5.41, 5.74) is 6.10. The van der Waals surface area contributed by atoms with E-state index < -0.39 is 18.0 Å². The highest BCUT2D eigenvalue weighted by molar-refractivity contribution is 8.00. The maximum atomic E-state index is 11.7. The predicted molar refractivity (Wildman–Crippen MR) is 71.5 cm³/mol. The van der Waals surface area contributed by atoms with Crippen LogP contribution in [0.4, 0.5) is 0 Å². The minimum atomic E-state index is -1.16. The molecule has 2 aliphatic rings. The Bertz CT molecular complexity index is 528. The van der Waals surface area contributed by atoms with Crippen LogP contribution in [0.1, 0.15) is 6.92 Å². The predicted octanol–water partition coefficient (Wildman–Crippen LogP) is -0.313. The van der Waals surface area contributed by atoms with Gasteiger partial charge in [-0.2, -0.15) is 0 Å². The van der Waals surface area contributed by atoms with Gasteiger partial charge in [-0.05, 0) is 11.6 Å². The lowest BCUT2D eigenvalue weighted by Crippen LogP contribution is -2.68. The largest absolute Gasteiger partial charge is 0.477 e. The molecule has 2 rings (SSSR count). The molecule has 20 heavy (non-hydrogen) atoms. The summed E-state index contributed by atoms with van der Waals surface area (Å²) in [4.78, 5) is 34.8. The van der Waals surface area contributed by atoms with E-state index >= 15 is 0 Å². The molecule has 7 nitrogen and oxygen atoms in total. The van der Waals surface area contributed by atoms with Crippen molar-refractivity contribution in [3.63, 3.8) is 0 Å². The molecule has 0 aromatic rings. The second-order valence-corrected chi connectivity index (χ2v) is 5.42. The van der Waals surface area contributed by atoms with Crippen molar-refractivity contribution in [2.75, 3.05) is 12.4 Å². The number of rotatable bonds is 4. The highest BCUT2D eigenvalue weighted by Crippen LogP contribution is 2.39. The van der Waals surface area contributed by atoms with E-state index in [9.17, 15) is 19.5 Å². The number of nitrogens with two attached hydrogens (primary N) is 1. The number of aliphatic carboxylic acids is 1. The lowest BCUT2D eigenvalue weighted by Gasteiger charge is -2.47. The number of esters is 1. The first-order valence-corrected chi connectivity index (χ1v) is 6.95. The number of hydrogen-bond donors (Lipinski definition) is 2. The Kier molecular flexibility index (Phi) is 4.15. The van der Waals surface area contributed by atoms with Gasteiger partial charge in [0.1, 0.15) is 23.7 Å². The molecule has 2 heterocycles. The number of carboxylic acids is 1. The summed E-state index contributed by atoms with van der Waals surface area (Å²) < 4.78 is 4.73. The molecule has 1 amide bonds. The number of allylic oxidation sites excluding steroid dienone is 1. The van der Waals surface area contributed by atoms with E-state index in [0.29, 0.717) is 11.3 Å². The molecule has 2 atom stereocenters. The minimum Gasteiger partial charge on any atom is -0.477 e. The Morgan fingerprint density at radius 3 is 2.90 bits per heavy atom. The molecule has 3 N–H and O–H groups in total. The summed E-state index contributed by atoms with van der Waals surface area (Å²) in [7, 11) is 0. The molecule has 0 unspecified atom stereocenters. The van der Waals surface area contributed by atoms with Gasteiger partial charge in [-0.25, -0.2) is 4.79 Å². The molecule has 0 aromatic heterocycles. The highest BCUT2D eigenvalue weighted by Gasteiger charge is 2.51. The minimum absolute atomic E-state index is 0.0421. The third kappa shape index (κ3) is 2.56. The van der Waals surface area contributed by atoms with Gasteiger partial charge in [-0.3, -0.25) is 14.5 Å². The second kappa shape index (κ2) is 5.68. The first kappa shape index (κ1) is 14.6. The van der Waals surface area contributed by atoms with Gasteiger partial charge in [0.05, 0.1) is 0 Å². The van der Waals surface area contributed by atoms with Gasteiger partial charge in [0, 0.05) is 12.7 Å². The lowest BCUT2D eigenvalue weighted by atomic mass is 10.0. The number of carbonyl (C=O) groups is 3. The van der Waals surface area contributed by atoms with Gasteiger partial charge in [0.25, 0.3) is 0 Å². The smallest absolute Gasteiger partial charge is 0.352 e. The quantitative estimate of drug-likeness (QED) is 0.541. The molecule has 0 saturated carbocycles. The van der Waals surface area contributed by atoms with Crippen LogP contribution in [0.25, 0.3) is 0 Å². The summed E-state index contributed by atoms with van der Waals surface area (Å²) in [6.07, 6.45) is 3.11. The zero-order valence-corrected chi connectivity index (χ0v) is 11.6. The van der Waals surface area contributed by atoms with Gasteiger partial charge in [-0.1, -0.05) is 6.08 Å². The van der Waals surface area contributed by atoms with Crippen LogP contribution in [-0.4, -0.2) is 51.6 Å². The molecule has 1 fully saturated rings. The molecule has 8 heteroatoms. The first-order valence-electron chi connectivity index (χ1n) is 5.90. The van der Waals surface area contributed by atoms with Gasteiger partial charge >= 0.3 is 11.9 Å². The van der Waals surface area contributed by atoms with E-state index in [1.54, 1.807) is 12.2 Å². The normalized spacial score (nSPS) is 25.5. The third-order valence-electron chi connectivity index (χ3n) is 2.94. The van der Waals surface area contributed by atoms with Gasteiger partial charge < -0.3 is 15.6 Å². The fourth-order valence-electron chi connectivity index (χ4n) is 2.02. The third-order valence-corrected chi connectivity index (χ3v) is 4.27. The Morgan fingerprint density at radius 1 is 1.60 bits per heavy atom. The van der Waals surface area contributed by atoms with Crippen molar-refractivity contribution in [1.82, 2.24) is 4.90 Å². The van der Waals surface area contributed by atoms with Gasteiger partial charge in [-0.15, -0.1) is 11.8 Å². The van der Waals surface area contributed by atoms with Crippen LogP contribution in [0.2, 0.25) is 0 Å². The van der Waals surface area contributed by atoms with Gasteiger partial charge in [0.2, 0.25) is 5.91 Å². The number of carboxylic acid groups (broad SMARTS) is 1. The number of thioether (sulfide) groups is 1. The van der Waals surface area contributed by atoms with Crippen molar-refractivity contribution >= 4 is 29.6 Å². The maximum absolute atomic E-state index is 11.7. The van der Waals surface area contributed by atoms with Crippen molar-refractivity contribution in [2.45, 2.75) is 18.3 Å². The second-order valence-electron chi connectivity index (χ2n) is 4.32. The molecule has 0 spiro atoms. The average Bonchev–Trinajstić information content (AvgIpc) is 2.41. The van der Waals surface area contributed by atoms with Crippen LogP contribution in [0, 0.1) is 0 Å². The van der Waals surface area contributed by atoms with E-state index in [-0.39, 0.29) is 23.6 Å². The summed E-state index contributed by atoms with van der Waals surface area (Å²) in [5, 5.41) is 8.95. The van der Waals surface area contributed by atoms with Crippen molar-refractivity contribution in [2.24, 2.45) is 5.73 Å². The fraction of sp³-hybridized carbons (Fsp3) is 0.417. The van der Waals surface area contributed by atoms with Crippen LogP contribution >= 0.6 is 11.8 Å². The van der Waals surface area contributed by atoms with E-state index in [0.717, 1.165) is 0 Å². The number of nitrogens with zero attached hydrogens (tertiary/aromatic N) is 1. The van der Waals surface area contributed by atoms with E-state index in [1.807, 2.05) is 0 Å². The number of β-lactam (4-membered cyclic amide) rings is 1. The Labute approximate surface area is 119 Å². The molecular formula is C12H14N2O5S. The van der Waals surface area contributed by atoms with Crippen LogP contribution in [0.5, 0.6) is 0 Å². The van der Waals surface area contributed by atoms with Gasteiger partial charge in [0.15, 0.2) is 0 Å². The van der Waals surface area contributed by atoms with Crippen LogP contribution in [0.3, 0.4) is 0 Å². The molecule has 0 aliphatic carbocycles. The Hall–Kier alpha value is -1.80. The standard InChI is InChI=1S/C12H14N2O5S/c1-6(15)19-4-2-3-7-5-20-11-8(13)10(16)14(11)9(7)12(17)18/h2-3,8,11H,4-5,13H2,1H3,(H,17,18)/b3-2+/t8-,11-/m1/s1. The fourth-order valence-corrected chi connectivity index (χ4v) is 3.29. The number of carbonyl (C=O) groups excluding carboxylic acids is 2. The molecule has 0 aromatic carbocycles. The Balaban J connectivity index is 2.18. The topological polar surface area (TPSA) is 110 Å². The maximum Gasteiger partial charge on any atom is 0.352 e. The molecular weight excluding hydrogens is 284 g/mol. The van der Waals surface area contributed by atoms with Crippen LogP contribution in [-0.2, 0) is 19.1 Å². The SMILES string of the molecule is CC(=O)OC/C=C/C1=C(C(=O)O)N2C(=O)[C@@H](N)[C@H]2SC1. The molecule has 1 saturated heterocycles. The zero-order chi connectivity index (χ0) is 14.9. The monoisotopic (exact) mass is 298 g/mol. The number of fused-ring (bicyclic) bond motifs is 1. The van der Waals surface area contributed by atoms with Crippen LogP contribution < -0.4 is 5.73 Å². The lowest BCUT2D eigenvalue weighted by molar-refractivity contribution is -0.147. The molecule has 2 aliphatic heterocycles. The first-order chi connectivity index (χ1) is 9.43. The van der Waals surface area contributed by atoms with E-state index in [1.165, 1.54) is 23.6 Å². The van der Waals surface area contributed by atoms with E-state index in [2.05, 4.69) is 0 Å². The summed E-state index contributed by atoms with van der Waals surface area (Å²) in [6, 6.07) is -0.638. The van der Waals surface area contributed by atoms with Crippen LogP contribution in [0.15, 0.2) is 23.4 Å². The number of amides is 1. The van der Waals surface area contributed by atoms with Crippen molar-refractivity contribution < 1.29 is 24.2 Å². The summed E-state index contributed by atoms with van der Waals surface area (Å²) in [6.45, 7) is 1.35. The highest BCUT2D eigenvalue weighted by atomic mass is 32.2. The molecule has 0 radical (unpaired) electrons. The zero-order valence-electron chi connectivity index (χ0n) is 10.7. The van der Waals surface area contributed by atoms with E-state index in [4.69, 9.17) is 10.5 Å². The van der Waals surface area contributed by atoms with Crippen molar-refractivity contribution in [3.05, 3.63) is 23.4 Å². The van der Waals surface area contributed by atoms with Crippen molar-refractivity contribution in [1.29, 1.82) is 0 Å². The van der Waals surface area contributed by atoms with Crippen molar-refractivity contribution in [3.8, 4) is 0 Å².